The molecule has 2 aromatic carbocycles. The average Bonchev–Trinajstić information content (AvgIpc) is 2.71. The number of nitrogens with zero attached hydrogens (tertiary/aromatic N) is 1. The molecule has 1 saturated heterocycles. The van der Waals surface area contributed by atoms with Crippen molar-refractivity contribution in [1.82, 2.24) is 4.90 Å². The summed E-state index contributed by atoms with van der Waals surface area (Å²) in [6.07, 6.45) is 1.38. The number of piperidine rings is 1. The number of esters is 1. The van der Waals surface area contributed by atoms with Gasteiger partial charge in [0.25, 0.3) is 0 Å². The average molecular weight is 367 g/mol. The zero-order chi connectivity index (χ0) is 19.1. The van der Waals surface area contributed by atoms with E-state index in [9.17, 15) is 4.79 Å². The quantitative estimate of drug-likeness (QED) is 0.692. The van der Waals surface area contributed by atoms with Crippen molar-refractivity contribution < 1.29 is 14.3 Å². The van der Waals surface area contributed by atoms with Gasteiger partial charge in [-0.15, -0.1) is 0 Å². The maximum Gasteiger partial charge on any atom is 0.306 e. The Morgan fingerprint density at radius 3 is 2.19 bits per heavy atom. The van der Waals surface area contributed by atoms with Gasteiger partial charge in [0.1, 0.15) is 0 Å². The third-order valence-corrected chi connectivity index (χ3v) is 5.36. The van der Waals surface area contributed by atoms with Crippen molar-refractivity contribution in [3.8, 4) is 0 Å². The summed E-state index contributed by atoms with van der Waals surface area (Å²) in [5.41, 5.74) is 2.56. The summed E-state index contributed by atoms with van der Waals surface area (Å²) < 4.78 is 10.9. The second-order valence-electron chi connectivity index (χ2n) is 7.05. The van der Waals surface area contributed by atoms with Crippen molar-refractivity contribution in [3.05, 3.63) is 71.8 Å². The number of methoxy groups -OCH3 is 1. The zero-order valence-electron chi connectivity index (χ0n) is 16.2. The molecule has 3 rings (SSSR count). The van der Waals surface area contributed by atoms with Crippen molar-refractivity contribution in [2.45, 2.75) is 31.9 Å². The number of rotatable bonds is 7. The third kappa shape index (κ3) is 4.96. The Balaban J connectivity index is 1.79. The molecule has 2 atom stereocenters. The molecule has 0 radical (unpaired) electrons. The first-order valence-corrected chi connectivity index (χ1v) is 9.75. The third-order valence-electron chi connectivity index (χ3n) is 5.36. The molecule has 1 heterocycles. The van der Waals surface area contributed by atoms with Crippen LogP contribution in [0.4, 0.5) is 0 Å². The Morgan fingerprint density at radius 1 is 1.07 bits per heavy atom. The van der Waals surface area contributed by atoms with E-state index in [0.29, 0.717) is 13.0 Å². The molecule has 4 nitrogen and oxygen atoms in total. The highest BCUT2D eigenvalue weighted by molar-refractivity contribution is 5.69. The number of likely N-dealkylation sites (tertiary alicyclic amines) is 1. The molecule has 1 fully saturated rings. The van der Waals surface area contributed by atoms with Crippen molar-refractivity contribution in [1.29, 1.82) is 0 Å². The largest absolute Gasteiger partial charge is 0.466 e. The molecule has 1 aliphatic rings. The summed E-state index contributed by atoms with van der Waals surface area (Å²) in [7, 11) is 1.74. The molecule has 0 aromatic heterocycles. The van der Waals surface area contributed by atoms with Crippen LogP contribution in [0, 0.1) is 5.92 Å². The number of hydrogen-bond acceptors (Lipinski definition) is 4. The van der Waals surface area contributed by atoms with Crippen LogP contribution in [0.3, 0.4) is 0 Å². The van der Waals surface area contributed by atoms with E-state index in [1.165, 1.54) is 11.1 Å². The second kappa shape index (κ2) is 9.67. The van der Waals surface area contributed by atoms with E-state index in [2.05, 4.69) is 65.6 Å². The first kappa shape index (κ1) is 19.6. The van der Waals surface area contributed by atoms with Crippen LogP contribution in [0.25, 0.3) is 0 Å². The van der Waals surface area contributed by atoms with Crippen LogP contribution in [-0.2, 0) is 14.3 Å². The fourth-order valence-electron chi connectivity index (χ4n) is 4.04. The van der Waals surface area contributed by atoms with E-state index in [0.717, 1.165) is 19.5 Å². The van der Waals surface area contributed by atoms with Gasteiger partial charge in [0.2, 0.25) is 0 Å². The van der Waals surface area contributed by atoms with Gasteiger partial charge in [-0.2, -0.15) is 0 Å². The zero-order valence-corrected chi connectivity index (χ0v) is 16.2. The lowest BCUT2D eigenvalue weighted by Crippen LogP contribution is -2.47. The molecule has 1 aliphatic heterocycles. The number of benzene rings is 2. The molecule has 0 N–H and O–H groups in total. The maximum atomic E-state index is 11.9. The maximum absolute atomic E-state index is 11.9. The van der Waals surface area contributed by atoms with Gasteiger partial charge < -0.3 is 9.47 Å². The summed E-state index contributed by atoms with van der Waals surface area (Å²) in [6, 6.07) is 21.4. The van der Waals surface area contributed by atoms with Crippen molar-refractivity contribution >= 4 is 5.97 Å². The van der Waals surface area contributed by atoms with E-state index in [-0.39, 0.29) is 24.0 Å². The Bertz CT molecular complexity index is 665. The van der Waals surface area contributed by atoms with E-state index in [1.807, 2.05) is 6.92 Å². The van der Waals surface area contributed by atoms with Gasteiger partial charge in [-0.05, 0) is 36.9 Å². The van der Waals surface area contributed by atoms with Gasteiger partial charge in [-0.1, -0.05) is 60.7 Å². The van der Waals surface area contributed by atoms with Crippen LogP contribution in [0.2, 0.25) is 0 Å². The van der Waals surface area contributed by atoms with Gasteiger partial charge >= 0.3 is 5.97 Å². The highest BCUT2D eigenvalue weighted by Gasteiger charge is 2.35. The van der Waals surface area contributed by atoms with Crippen molar-refractivity contribution in [2.24, 2.45) is 5.92 Å². The topological polar surface area (TPSA) is 38.8 Å². The fraction of sp³-hybridized carbons (Fsp3) is 0.435. The van der Waals surface area contributed by atoms with Gasteiger partial charge in [-0.25, -0.2) is 0 Å². The highest BCUT2D eigenvalue weighted by Crippen LogP contribution is 2.34. The molecule has 27 heavy (non-hydrogen) atoms. The summed E-state index contributed by atoms with van der Waals surface area (Å²) in [6.45, 7) is 4.01. The molecule has 4 heteroatoms. The molecule has 1 unspecified atom stereocenters. The smallest absolute Gasteiger partial charge is 0.306 e. The summed E-state index contributed by atoms with van der Waals surface area (Å²) in [5, 5.41) is 0. The minimum Gasteiger partial charge on any atom is -0.466 e. The van der Waals surface area contributed by atoms with E-state index < -0.39 is 0 Å². The molecule has 0 bridgehead atoms. The molecule has 2 aromatic rings. The Hall–Kier alpha value is -2.17. The second-order valence-corrected chi connectivity index (χ2v) is 7.05. The van der Waals surface area contributed by atoms with Crippen LogP contribution < -0.4 is 0 Å². The minimum absolute atomic E-state index is 0.0260. The monoisotopic (exact) mass is 367 g/mol. The van der Waals surface area contributed by atoms with Crippen LogP contribution >= 0.6 is 0 Å². The minimum atomic E-state index is -0.124. The molecule has 144 valence electrons. The molecule has 0 spiro atoms. The van der Waals surface area contributed by atoms with Gasteiger partial charge in [0.05, 0.1) is 25.2 Å². The van der Waals surface area contributed by atoms with Gasteiger partial charge in [0.15, 0.2) is 0 Å². The molecular formula is C23H29NO3. The van der Waals surface area contributed by atoms with Crippen LogP contribution in [-0.4, -0.2) is 43.8 Å². The predicted octanol–water partition coefficient (Wildman–Crippen LogP) is 4.07. The van der Waals surface area contributed by atoms with Crippen LogP contribution in [0.5, 0.6) is 0 Å². The normalized spacial score (nSPS) is 20.6. The fourth-order valence-corrected chi connectivity index (χ4v) is 4.04. The van der Waals surface area contributed by atoms with Crippen molar-refractivity contribution in [2.75, 3.05) is 26.8 Å². The number of hydrogen-bond donors (Lipinski definition) is 0. The Labute approximate surface area is 162 Å². The first-order valence-electron chi connectivity index (χ1n) is 9.75. The first-order chi connectivity index (χ1) is 13.2. The van der Waals surface area contributed by atoms with E-state index in [4.69, 9.17) is 9.47 Å². The predicted molar refractivity (Wildman–Crippen MR) is 106 cm³/mol. The molecular weight excluding hydrogens is 338 g/mol. The SMILES string of the molecule is CCOC(=O)CC1CCN(C(c2ccccc2)c2ccccc2)C[C@@H]1OC. The lowest BCUT2D eigenvalue weighted by Gasteiger charge is -2.42. The summed E-state index contributed by atoms with van der Waals surface area (Å²) in [5.74, 6) is 0.0816. The lowest BCUT2D eigenvalue weighted by atomic mass is 9.87. The summed E-state index contributed by atoms with van der Waals surface area (Å²) in [4.78, 5) is 14.4. The molecule has 0 aliphatic carbocycles. The van der Waals surface area contributed by atoms with Crippen LogP contribution in [0.1, 0.15) is 36.9 Å². The van der Waals surface area contributed by atoms with Gasteiger partial charge in [0, 0.05) is 13.7 Å². The molecule has 0 amide bonds. The Morgan fingerprint density at radius 2 is 1.67 bits per heavy atom. The molecule has 0 saturated carbocycles. The van der Waals surface area contributed by atoms with E-state index >= 15 is 0 Å². The highest BCUT2D eigenvalue weighted by atomic mass is 16.5. The number of carbonyl (C=O) groups is 1. The van der Waals surface area contributed by atoms with Crippen molar-refractivity contribution in [3.63, 3.8) is 0 Å². The number of ether oxygens (including phenoxy) is 2. The van der Waals surface area contributed by atoms with Gasteiger partial charge in [-0.3, -0.25) is 9.69 Å². The van der Waals surface area contributed by atoms with E-state index in [1.54, 1.807) is 7.11 Å². The standard InChI is InChI=1S/C23H29NO3/c1-3-27-22(25)16-20-14-15-24(17-21(20)26-2)23(18-10-6-4-7-11-18)19-12-8-5-9-13-19/h4-13,20-21,23H,3,14-17H2,1-2H3/t20?,21-/m0/s1. The van der Waals surface area contributed by atoms with Crippen LogP contribution in [0.15, 0.2) is 60.7 Å². The summed E-state index contributed by atoms with van der Waals surface area (Å²) >= 11 is 0. The Kier molecular flexibility index (Phi) is 7.02. The number of carbonyl (C=O) groups excluding carboxylic acids is 1. The lowest BCUT2D eigenvalue weighted by molar-refractivity contribution is -0.146.